The normalized spacial score (nSPS) is 16.5. The van der Waals surface area contributed by atoms with Crippen LogP contribution < -0.4 is 0 Å². The van der Waals surface area contributed by atoms with Crippen molar-refractivity contribution in [1.82, 2.24) is 14.8 Å². The van der Waals surface area contributed by atoms with E-state index in [1.165, 1.54) is 18.5 Å². The molecule has 2 heterocycles. The fraction of sp³-hybridized carbons (Fsp3) is 0.400. The predicted octanol–water partition coefficient (Wildman–Crippen LogP) is 3.07. The molecule has 1 saturated heterocycles. The summed E-state index contributed by atoms with van der Waals surface area (Å²) in [6, 6.07) is 12.6. The minimum Gasteiger partial charge on any atom is -0.305 e. The molecule has 0 spiro atoms. The Morgan fingerprint density at radius 1 is 1.12 bits per heavy atom. The Morgan fingerprint density at radius 2 is 2.00 bits per heavy atom. The van der Waals surface area contributed by atoms with Gasteiger partial charge in [0.05, 0.1) is 11.6 Å². The van der Waals surface area contributed by atoms with Gasteiger partial charge in [-0.05, 0) is 51.2 Å². The number of nitrogens with zero attached hydrogens (tertiary/aromatic N) is 4. The monoisotopic (exact) mass is 320 g/mol. The van der Waals surface area contributed by atoms with Gasteiger partial charge >= 0.3 is 0 Å². The lowest BCUT2D eigenvalue weighted by Gasteiger charge is -2.20. The maximum absolute atomic E-state index is 9.55. The summed E-state index contributed by atoms with van der Waals surface area (Å²) in [6.07, 6.45) is 3.05. The highest BCUT2D eigenvalue weighted by atomic mass is 15.2. The second-order valence-corrected chi connectivity index (χ2v) is 6.61. The summed E-state index contributed by atoms with van der Waals surface area (Å²) in [4.78, 5) is 9.20. The second-order valence-electron chi connectivity index (χ2n) is 6.61. The van der Waals surface area contributed by atoms with Gasteiger partial charge in [0.1, 0.15) is 0 Å². The molecule has 0 aliphatic carbocycles. The molecule has 0 saturated carbocycles. The number of aromatic nitrogens is 1. The van der Waals surface area contributed by atoms with E-state index in [1.807, 2.05) is 31.3 Å². The summed E-state index contributed by atoms with van der Waals surface area (Å²) in [7, 11) is 2.18. The van der Waals surface area contributed by atoms with Crippen LogP contribution >= 0.6 is 0 Å². The zero-order chi connectivity index (χ0) is 16.9. The Hall–Kier alpha value is -2.22. The molecule has 124 valence electrons. The van der Waals surface area contributed by atoms with Gasteiger partial charge in [-0.25, -0.2) is 0 Å². The summed E-state index contributed by atoms with van der Waals surface area (Å²) >= 11 is 0. The van der Waals surface area contributed by atoms with Crippen LogP contribution in [-0.4, -0.2) is 48.0 Å². The van der Waals surface area contributed by atoms with Crippen molar-refractivity contribution in [2.24, 2.45) is 0 Å². The van der Waals surface area contributed by atoms with E-state index in [0.29, 0.717) is 0 Å². The molecule has 0 N–H and O–H groups in total. The van der Waals surface area contributed by atoms with E-state index >= 15 is 0 Å². The van der Waals surface area contributed by atoms with Gasteiger partial charge in [-0.2, -0.15) is 5.26 Å². The molecule has 4 heteroatoms. The van der Waals surface area contributed by atoms with Gasteiger partial charge in [0.15, 0.2) is 0 Å². The zero-order valence-corrected chi connectivity index (χ0v) is 14.5. The number of benzene rings is 1. The van der Waals surface area contributed by atoms with Crippen molar-refractivity contribution in [2.45, 2.75) is 19.9 Å². The third-order valence-corrected chi connectivity index (χ3v) is 4.65. The number of hydrogen-bond acceptors (Lipinski definition) is 4. The Morgan fingerprint density at radius 3 is 2.75 bits per heavy atom. The number of likely N-dealkylation sites (N-methyl/N-ethyl adjacent to an activating group) is 1. The Bertz CT molecular complexity index is 730. The van der Waals surface area contributed by atoms with Crippen LogP contribution in [0.4, 0.5) is 0 Å². The molecule has 24 heavy (non-hydrogen) atoms. The highest BCUT2D eigenvalue weighted by molar-refractivity contribution is 5.70. The topological polar surface area (TPSA) is 43.2 Å². The van der Waals surface area contributed by atoms with Gasteiger partial charge in [-0.15, -0.1) is 0 Å². The first-order valence-electron chi connectivity index (χ1n) is 8.52. The average Bonchev–Trinajstić information content (AvgIpc) is 2.80. The molecule has 1 aromatic heterocycles. The summed E-state index contributed by atoms with van der Waals surface area (Å²) < 4.78 is 0. The molecular formula is C20H24N4. The van der Waals surface area contributed by atoms with E-state index in [4.69, 9.17) is 0 Å². The first-order valence-corrected chi connectivity index (χ1v) is 8.52. The van der Waals surface area contributed by atoms with E-state index in [9.17, 15) is 5.26 Å². The van der Waals surface area contributed by atoms with Crippen LogP contribution in [0.1, 0.15) is 23.2 Å². The van der Waals surface area contributed by atoms with Gasteiger partial charge in [0.25, 0.3) is 0 Å². The fourth-order valence-electron chi connectivity index (χ4n) is 3.18. The van der Waals surface area contributed by atoms with Crippen molar-refractivity contribution in [3.63, 3.8) is 0 Å². The van der Waals surface area contributed by atoms with Crippen molar-refractivity contribution >= 4 is 0 Å². The van der Waals surface area contributed by atoms with E-state index in [-0.39, 0.29) is 0 Å². The van der Waals surface area contributed by atoms with Crippen molar-refractivity contribution in [3.8, 4) is 17.2 Å². The minimum absolute atomic E-state index is 0.727. The molecule has 2 aromatic rings. The van der Waals surface area contributed by atoms with Gasteiger partial charge in [-0.3, -0.25) is 9.88 Å². The molecular weight excluding hydrogens is 296 g/mol. The van der Waals surface area contributed by atoms with E-state index < -0.39 is 0 Å². The van der Waals surface area contributed by atoms with Crippen LogP contribution in [0.5, 0.6) is 0 Å². The SMILES string of the molecule is Cc1ccc(-c2ccc(CN3CCCN(C)CC3)cc2C#N)cn1. The Labute approximate surface area is 144 Å². The molecule has 3 rings (SSSR count). The molecule has 0 atom stereocenters. The van der Waals surface area contributed by atoms with Gasteiger partial charge in [-0.1, -0.05) is 18.2 Å². The van der Waals surface area contributed by atoms with Gasteiger partial charge in [0.2, 0.25) is 0 Å². The minimum atomic E-state index is 0.727. The summed E-state index contributed by atoms with van der Waals surface area (Å²) in [6.45, 7) is 7.36. The number of nitriles is 1. The molecule has 1 aliphatic heterocycles. The van der Waals surface area contributed by atoms with Crippen LogP contribution in [0, 0.1) is 18.3 Å². The summed E-state index contributed by atoms with van der Waals surface area (Å²) in [5.41, 5.74) is 4.88. The largest absolute Gasteiger partial charge is 0.305 e. The Balaban J connectivity index is 1.79. The lowest BCUT2D eigenvalue weighted by atomic mass is 9.99. The molecule has 1 fully saturated rings. The molecule has 0 unspecified atom stereocenters. The second kappa shape index (κ2) is 7.57. The third kappa shape index (κ3) is 4.00. The third-order valence-electron chi connectivity index (χ3n) is 4.65. The fourth-order valence-corrected chi connectivity index (χ4v) is 3.18. The summed E-state index contributed by atoms with van der Waals surface area (Å²) in [5, 5.41) is 9.55. The number of aryl methyl sites for hydroxylation is 1. The standard InChI is InChI=1S/C20H24N4/c1-16-4-6-18(14-22-16)20-7-5-17(12-19(20)13-21)15-24-9-3-8-23(2)10-11-24/h4-7,12,14H,3,8-11,15H2,1-2H3. The first kappa shape index (κ1) is 16.6. The van der Waals surface area contributed by atoms with Crippen LogP contribution in [0.2, 0.25) is 0 Å². The molecule has 1 aromatic carbocycles. The zero-order valence-electron chi connectivity index (χ0n) is 14.5. The Kier molecular flexibility index (Phi) is 5.24. The molecule has 4 nitrogen and oxygen atoms in total. The molecule has 0 radical (unpaired) electrons. The highest BCUT2D eigenvalue weighted by Gasteiger charge is 2.13. The number of rotatable bonds is 3. The van der Waals surface area contributed by atoms with Crippen molar-refractivity contribution < 1.29 is 0 Å². The first-order chi connectivity index (χ1) is 11.7. The van der Waals surface area contributed by atoms with Crippen LogP contribution in [0.25, 0.3) is 11.1 Å². The van der Waals surface area contributed by atoms with Crippen molar-refractivity contribution in [1.29, 1.82) is 5.26 Å². The van der Waals surface area contributed by atoms with Gasteiger partial charge < -0.3 is 4.90 Å². The lowest BCUT2D eigenvalue weighted by molar-refractivity contribution is 0.269. The molecule has 0 bridgehead atoms. The average molecular weight is 320 g/mol. The predicted molar refractivity (Wildman–Crippen MR) is 96.5 cm³/mol. The van der Waals surface area contributed by atoms with E-state index in [0.717, 1.165) is 48.6 Å². The smallest absolute Gasteiger partial charge is 0.0998 e. The van der Waals surface area contributed by atoms with Crippen molar-refractivity contribution in [2.75, 3.05) is 33.2 Å². The highest BCUT2D eigenvalue weighted by Crippen LogP contribution is 2.24. The van der Waals surface area contributed by atoms with Crippen LogP contribution in [0.15, 0.2) is 36.5 Å². The molecule has 1 aliphatic rings. The molecule has 0 amide bonds. The lowest BCUT2D eigenvalue weighted by Crippen LogP contribution is -2.28. The van der Waals surface area contributed by atoms with Crippen molar-refractivity contribution in [3.05, 3.63) is 53.3 Å². The number of pyridine rings is 1. The van der Waals surface area contributed by atoms with Gasteiger partial charge in [0, 0.05) is 42.7 Å². The quantitative estimate of drug-likeness (QED) is 0.872. The van der Waals surface area contributed by atoms with Crippen LogP contribution in [0.3, 0.4) is 0 Å². The number of hydrogen-bond donors (Lipinski definition) is 0. The maximum atomic E-state index is 9.55. The van der Waals surface area contributed by atoms with Crippen LogP contribution in [-0.2, 0) is 6.54 Å². The maximum Gasteiger partial charge on any atom is 0.0998 e. The summed E-state index contributed by atoms with van der Waals surface area (Å²) in [5.74, 6) is 0. The van der Waals surface area contributed by atoms with E-state index in [2.05, 4.69) is 40.0 Å². The van der Waals surface area contributed by atoms with E-state index in [1.54, 1.807) is 0 Å².